The smallest absolute Gasteiger partial charge is 0.264 e. The number of amides is 2. The summed E-state index contributed by atoms with van der Waals surface area (Å²) in [5.74, 6) is -0.0383. The summed E-state index contributed by atoms with van der Waals surface area (Å²) in [7, 11) is -2.70. The zero-order valence-corrected chi connectivity index (χ0v) is 27.5. The Balaban J connectivity index is 2.07. The zero-order chi connectivity index (χ0) is 31.0. The van der Waals surface area contributed by atoms with E-state index in [4.69, 9.17) is 4.74 Å². The van der Waals surface area contributed by atoms with Crippen LogP contribution >= 0.6 is 15.9 Å². The number of rotatable bonds is 13. The highest BCUT2D eigenvalue weighted by molar-refractivity contribution is 9.10. The number of nitrogens with zero attached hydrogens (tertiary/aromatic N) is 2. The number of benzene rings is 3. The first kappa shape index (κ1) is 33.1. The highest BCUT2D eigenvalue weighted by Crippen LogP contribution is 2.31. The molecular weight excluding hydrogens is 618 g/mol. The van der Waals surface area contributed by atoms with Crippen molar-refractivity contribution in [2.24, 2.45) is 5.92 Å². The summed E-state index contributed by atoms with van der Waals surface area (Å²) in [6.45, 7) is 9.84. The lowest BCUT2D eigenvalue weighted by Crippen LogP contribution is -2.52. The summed E-state index contributed by atoms with van der Waals surface area (Å²) >= 11 is 3.37. The molecule has 8 nitrogen and oxygen atoms in total. The van der Waals surface area contributed by atoms with Crippen LogP contribution < -0.4 is 14.4 Å². The molecule has 3 aromatic carbocycles. The first-order valence-corrected chi connectivity index (χ1v) is 16.2. The van der Waals surface area contributed by atoms with E-state index in [1.165, 1.54) is 24.1 Å². The molecule has 0 aromatic heterocycles. The van der Waals surface area contributed by atoms with E-state index in [0.29, 0.717) is 28.9 Å². The van der Waals surface area contributed by atoms with Crippen LogP contribution in [0.15, 0.2) is 76.1 Å². The third-order valence-electron chi connectivity index (χ3n) is 6.82. The molecule has 3 aromatic rings. The fourth-order valence-electron chi connectivity index (χ4n) is 4.52. The van der Waals surface area contributed by atoms with Gasteiger partial charge in [-0.2, -0.15) is 0 Å². The van der Waals surface area contributed by atoms with Crippen molar-refractivity contribution < 1.29 is 22.7 Å². The molecule has 0 aliphatic carbocycles. The Kier molecular flexibility index (Phi) is 11.6. The first-order chi connectivity index (χ1) is 19.9. The highest BCUT2D eigenvalue weighted by atomic mass is 79.9. The average Bonchev–Trinajstić information content (AvgIpc) is 2.95. The summed E-state index contributed by atoms with van der Waals surface area (Å²) in [5, 5.41) is 2.95. The molecule has 0 heterocycles. The summed E-state index contributed by atoms with van der Waals surface area (Å²) in [6.07, 6.45) is 0.365. The maximum Gasteiger partial charge on any atom is 0.264 e. The number of halogens is 1. The van der Waals surface area contributed by atoms with Gasteiger partial charge in [-0.15, -0.1) is 0 Å². The van der Waals surface area contributed by atoms with Gasteiger partial charge in [-0.1, -0.05) is 68.3 Å². The Morgan fingerprint density at radius 3 is 2.24 bits per heavy atom. The van der Waals surface area contributed by atoms with Crippen molar-refractivity contribution in [3.05, 3.63) is 87.9 Å². The quantitative estimate of drug-likeness (QED) is 0.249. The number of ether oxygens (including phenoxy) is 1. The molecule has 0 aliphatic rings. The summed E-state index contributed by atoms with van der Waals surface area (Å²) < 4.78 is 35.0. The van der Waals surface area contributed by atoms with Gasteiger partial charge in [-0.25, -0.2) is 8.42 Å². The molecule has 226 valence electrons. The van der Waals surface area contributed by atoms with Crippen molar-refractivity contribution in [3.8, 4) is 5.75 Å². The van der Waals surface area contributed by atoms with Crippen molar-refractivity contribution in [2.45, 2.75) is 58.5 Å². The predicted octanol–water partition coefficient (Wildman–Crippen LogP) is 5.85. The molecule has 0 aliphatic heterocycles. The van der Waals surface area contributed by atoms with Crippen LogP contribution in [-0.4, -0.2) is 51.4 Å². The lowest BCUT2D eigenvalue weighted by Gasteiger charge is -2.33. The molecule has 2 amide bonds. The molecular formula is C32H40BrN3O5S. The minimum Gasteiger partial charge on any atom is -0.496 e. The van der Waals surface area contributed by atoms with E-state index < -0.39 is 28.5 Å². The number of methoxy groups -OCH3 is 1. The molecule has 0 fully saturated rings. The first-order valence-electron chi connectivity index (χ1n) is 13.9. The molecule has 0 saturated carbocycles. The van der Waals surface area contributed by atoms with Crippen LogP contribution in [0.2, 0.25) is 0 Å². The van der Waals surface area contributed by atoms with Gasteiger partial charge in [0.15, 0.2) is 0 Å². The van der Waals surface area contributed by atoms with Gasteiger partial charge in [0.05, 0.1) is 22.2 Å². The van der Waals surface area contributed by atoms with Crippen LogP contribution in [0.5, 0.6) is 5.75 Å². The number of nitrogens with one attached hydrogen (secondary N) is 1. The van der Waals surface area contributed by atoms with Gasteiger partial charge in [0, 0.05) is 13.1 Å². The van der Waals surface area contributed by atoms with E-state index in [0.717, 1.165) is 21.0 Å². The Bertz CT molecular complexity index is 1490. The lowest BCUT2D eigenvalue weighted by molar-refractivity contribution is -0.140. The molecule has 0 spiro atoms. The predicted molar refractivity (Wildman–Crippen MR) is 170 cm³/mol. The molecule has 0 radical (unpaired) electrons. The second kappa shape index (κ2) is 14.7. The zero-order valence-electron chi connectivity index (χ0n) is 25.1. The van der Waals surface area contributed by atoms with Crippen LogP contribution in [0.3, 0.4) is 0 Å². The summed E-state index contributed by atoms with van der Waals surface area (Å²) in [5.41, 5.74) is 3.16. The largest absolute Gasteiger partial charge is 0.496 e. The van der Waals surface area contributed by atoms with Crippen LogP contribution in [0, 0.1) is 19.8 Å². The van der Waals surface area contributed by atoms with Crippen LogP contribution in [0.25, 0.3) is 0 Å². The number of anilines is 1. The molecule has 3 rings (SSSR count). The highest BCUT2D eigenvalue weighted by Gasteiger charge is 2.34. The van der Waals surface area contributed by atoms with Crippen molar-refractivity contribution in [2.75, 3.05) is 24.5 Å². The third-order valence-corrected chi connectivity index (χ3v) is 9.21. The van der Waals surface area contributed by atoms with Gasteiger partial charge >= 0.3 is 0 Å². The Labute approximate surface area is 258 Å². The number of carbonyl (C=O) groups excluding carboxylic acids is 2. The van der Waals surface area contributed by atoms with Gasteiger partial charge in [0.25, 0.3) is 10.0 Å². The molecule has 1 atom stereocenters. The minimum absolute atomic E-state index is 0.00416. The monoisotopic (exact) mass is 657 g/mol. The van der Waals surface area contributed by atoms with Gasteiger partial charge in [0.2, 0.25) is 11.8 Å². The van der Waals surface area contributed by atoms with Crippen molar-refractivity contribution in [1.29, 1.82) is 0 Å². The second-order valence-electron chi connectivity index (χ2n) is 10.7. The van der Waals surface area contributed by atoms with Crippen molar-refractivity contribution in [1.82, 2.24) is 10.2 Å². The third kappa shape index (κ3) is 8.35. The van der Waals surface area contributed by atoms with E-state index >= 15 is 0 Å². The maximum atomic E-state index is 14.2. The molecule has 1 N–H and O–H groups in total. The molecule has 0 saturated heterocycles. The number of sulfonamides is 1. The Morgan fingerprint density at radius 2 is 1.67 bits per heavy atom. The van der Waals surface area contributed by atoms with E-state index in [1.807, 2.05) is 58.9 Å². The summed E-state index contributed by atoms with van der Waals surface area (Å²) in [4.78, 5) is 29.0. The normalized spacial score (nSPS) is 12.1. The minimum atomic E-state index is -4.20. The number of hydrogen-bond acceptors (Lipinski definition) is 5. The van der Waals surface area contributed by atoms with Gasteiger partial charge in [-0.05, 0) is 78.0 Å². The van der Waals surface area contributed by atoms with Gasteiger partial charge in [-0.3, -0.25) is 13.9 Å². The SMILES string of the molecule is CC[C@H](C(=O)NCC(C)C)N(Cc1cccc(C)c1)C(=O)CN(c1ccc(C)cc1)S(=O)(=O)c1ccc(OC)c(Br)c1. The molecule has 10 heteroatoms. The van der Waals surface area contributed by atoms with Crippen molar-refractivity contribution >= 4 is 43.5 Å². The average molecular weight is 659 g/mol. The van der Waals surface area contributed by atoms with E-state index in [-0.39, 0.29) is 23.3 Å². The molecule has 42 heavy (non-hydrogen) atoms. The topological polar surface area (TPSA) is 96.0 Å². The second-order valence-corrected chi connectivity index (χ2v) is 13.4. The Morgan fingerprint density at radius 1 is 0.976 bits per heavy atom. The number of aryl methyl sites for hydroxylation is 2. The number of carbonyl (C=O) groups is 2. The maximum absolute atomic E-state index is 14.2. The van der Waals surface area contributed by atoms with Gasteiger partial charge in [0.1, 0.15) is 18.3 Å². The van der Waals surface area contributed by atoms with Crippen LogP contribution in [0.4, 0.5) is 5.69 Å². The number of hydrogen-bond donors (Lipinski definition) is 1. The summed E-state index contributed by atoms with van der Waals surface area (Å²) in [6, 6.07) is 18.3. The van der Waals surface area contributed by atoms with Crippen molar-refractivity contribution in [3.63, 3.8) is 0 Å². The lowest BCUT2D eigenvalue weighted by atomic mass is 10.1. The van der Waals surface area contributed by atoms with Crippen LogP contribution in [0.1, 0.15) is 43.9 Å². The van der Waals surface area contributed by atoms with E-state index in [9.17, 15) is 18.0 Å². The van der Waals surface area contributed by atoms with Crippen LogP contribution in [-0.2, 0) is 26.2 Å². The van der Waals surface area contributed by atoms with Gasteiger partial charge < -0.3 is 15.0 Å². The van der Waals surface area contributed by atoms with E-state index in [1.54, 1.807) is 30.3 Å². The van der Waals surface area contributed by atoms with E-state index in [2.05, 4.69) is 21.2 Å². The standard InChI is InChI=1S/C32H40BrN3O5S/c1-7-29(32(38)34-19-22(2)3)35(20-25-10-8-9-24(5)17-25)31(37)21-36(26-13-11-23(4)12-14-26)42(39,40)27-15-16-30(41-6)28(33)18-27/h8-18,22,29H,7,19-21H2,1-6H3,(H,34,38)/t29-/m1/s1. The Hall–Kier alpha value is -3.37. The molecule has 0 unspecified atom stereocenters. The molecule has 0 bridgehead atoms. The fourth-order valence-corrected chi connectivity index (χ4v) is 6.66. The fraction of sp³-hybridized carbons (Fsp3) is 0.375.